The number of hydrogen-bond acceptors (Lipinski definition) is 6. The summed E-state index contributed by atoms with van der Waals surface area (Å²) in [5, 5.41) is 0. The molecule has 0 aromatic rings. The van der Waals surface area contributed by atoms with Crippen LogP contribution in [0.3, 0.4) is 0 Å². The summed E-state index contributed by atoms with van der Waals surface area (Å²) in [7, 11) is -9.83. The van der Waals surface area contributed by atoms with Crippen molar-refractivity contribution in [3.05, 3.63) is 12.7 Å². The molecule has 1 aliphatic heterocycles. The van der Waals surface area contributed by atoms with E-state index in [-0.39, 0.29) is 6.23 Å². The van der Waals surface area contributed by atoms with Crippen molar-refractivity contribution < 1.29 is 26.0 Å². The zero-order valence-electron chi connectivity index (χ0n) is 13.9. The molecule has 122 valence electrons. The summed E-state index contributed by atoms with van der Waals surface area (Å²) in [6.07, 6.45) is 1.24. The second kappa shape index (κ2) is 6.20. The lowest BCUT2D eigenvalue weighted by Gasteiger charge is -2.47. The van der Waals surface area contributed by atoms with Gasteiger partial charge in [-0.25, -0.2) is 4.79 Å². The fourth-order valence-electron chi connectivity index (χ4n) is 2.63. The molecule has 10 heteroatoms. The van der Waals surface area contributed by atoms with Gasteiger partial charge in [-0.05, 0) is 45.8 Å². The van der Waals surface area contributed by atoms with Crippen molar-refractivity contribution in [1.29, 1.82) is 0 Å². The standard InChI is InChI=1S/C11H26O6Si4/c1-9-11(12)13-10-21(8)16-19(4,5)14-18(2,3)15-20(6,7)17-21/h9H,1,10H2,2-8H3. The van der Waals surface area contributed by atoms with Gasteiger partial charge in [0, 0.05) is 6.08 Å². The highest BCUT2D eigenvalue weighted by Gasteiger charge is 2.53. The van der Waals surface area contributed by atoms with Crippen molar-refractivity contribution in [3.63, 3.8) is 0 Å². The van der Waals surface area contributed by atoms with E-state index in [2.05, 4.69) is 6.58 Å². The third kappa shape index (κ3) is 6.28. The van der Waals surface area contributed by atoms with Crippen LogP contribution >= 0.6 is 0 Å². The highest BCUT2D eigenvalue weighted by Crippen LogP contribution is 2.30. The number of ether oxygens (including phenoxy) is 1. The van der Waals surface area contributed by atoms with E-state index in [0.717, 1.165) is 6.08 Å². The average molecular weight is 367 g/mol. The molecule has 0 atom stereocenters. The van der Waals surface area contributed by atoms with Gasteiger partial charge < -0.3 is 21.2 Å². The van der Waals surface area contributed by atoms with Crippen LogP contribution in [-0.4, -0.2) is 46.4 Å². The molecule has 21 heavy (non-hydrogen) atoms. The molecule has 1 rings (SSSR count). The Balaban J connectivity index is 2.98. The molecule has 0 radical (unpaired) electrons. The maximum absolute atomic E-state index is 11.3. The normalized spacial score (nSPS) is 26.2. The lowest BCUT2D eigenvalue weighted by molar-refractivity contribution is -0.136. The van der Waals surface area contributed by atoms with Gasteiger partial charge in [-0.2, -0.15) is 0 Å². The Bertz CT molecular complexity index is 401. The first-order chi connectivity index (χ1) is 9.28. The molecule has 0 bridgehead atoms. The maximum Gasteiger partial charge on any atom is 0.356 e. The van der Waals surface area contributed by atoms with Gasteiger partial charge in [0.2, 0.25) is 0 Å². The van der Waals surface area contributed by atoms with Crippen LogP contribution in [0.4, 0.5) is 0 Å². The van der Waals surface area contributed by atoms with E-state index in [1.165, 1.54) is 0 Å². The molecule has 0 spiro atoms. The number of hydrogen-bond donors (Lipinski definition) is 0. The van der Waals surface area contributed by atoms with Gasteiger partial charge in [0.05, 0.1) is 0 Å². The van der Waals surface area contributed by atoms with Crippen LogP contribution in [0.5, 0.6) is 0 Å². The molecule has 1 fully saturated rings. The van der Waals surface area contributed by atoms with Gasteiger partial charge in [0.25, 0.3) is 0 Å². The molecule has 0 N–H and O–H groups in total. The molecule has 0 saturated carbocycles. The summed E-state index contributed by atoms with van der Waals surface area (Å²) in [5.74, 6) is -0.478. The highest BCUT2D eigenvalue weighted by molar-refractivity contribution is 6.93. The van der Waals surface area contributed by atoms with Crippen LogP contribution in [-0.2, 0) is 26.0 Å². The van der Waals surface area contributed by atoms with Gasteiger partial charge in [-0.15, -0.1) is 0 Å². The monoisotopic (exact) mass is 366 g/mol. The van der Waals surface area contributed by atoms with E-state index in [4.69, 9.17) is 21.2 Å². The largest absolute Gasteiger partial charge is 0.461 e. The molecule has 1 saturated heterocycles. The fraction of sp³-hybridized carbons (Fsp3) is 0.727. The van der Waals surface area contributed by atoms with Crippen LogP contribution in [0.25, 0.3) is 0 Å². The Hall–Kier alpha value is -0.0825. The maximum atomic E-state index is 11.3. The first-order valence-corrected chi connectivity index (χ1v) is 17.9. The highest BCUT2D eigenvalue weighted by atomic mass is 28.5. The smallest absolute Gasteiger partial charge is 0.356 e. The average Bonchev–Trinajstić information content (AvgIpc) is 2.18. The number of esters is 1. The molecule has 0 aromatic carbocycles. The molecule has 0 aromatic heterocycles. The topological polar surface area (TPSA) is 63.2 Å². The second-order valence-corrected chi connectivity index (χ2v) is 20.8. The van der Waals surface area contributed by atoms with Crippen molar-refractivity contribution in [1.82, 2.24) is 0 Å². The van der Waals surface area contributed by atoms with Crippen molar-refractivity contribution in [2.24, 2.45) is 0 Å². The minimum absolute atomic E-state index is 0.111. The lowest BCUT2D eigenvalue weighted by atomic mass is 10.7. The molecule has 6 nitrogen and oxygen atoms in total. The Labute approximate surface area is 131 Å². The van der Waals surface area contributed by atoms with Crippen LogP contribution in [0.15, 0.2) is 12.7 Å². The Morgan fingerprint density at radius 1 is 0.905 bits per heavy atom. The quantitative estimate of drug-likeness (QED) is 0.434. The number of rotatable bonds is 3. The lowest BCUT2D eigenvalue weighted by Crippen LogP contribution is -2.66. The van der Waals surface area contributed by atoms with E-state index in [1.807, 2.05) is 45.8 Å². The first kappa shape index (κ1) is 19.0. The minimum atomic E-state index is -2.73. The first-order valence-electron chi connectivity index (χ1n) is 6.88. The molecule has 0 unspecified atom stereocenters. The van der Waals surface area contributed by atoms with Crippen LogP contribution < -0.4 is 0 Å². The third-order valence-electron chi connectivity index (χ3n) is 2.55. The third-order valence-corrected chi connectivity index (χ3v) is 18.5. The molecular weight excluding hydrogens is 340 g/mol. The van der Waals surface area contributed by atoms with E-state index >= 15 is 0 Å². The Morgan fingerprint density at radius 3 is 1.67 bits per heavy atom. The zero-order chi connectivity index (χ0) is 16.5. The zero-order valence-corrected chi connectivity index (χ0v) is 17.9. The number of carbonyl (C=O) groups excluding carboxylic acids is 1. The second-order valence-electron chi connectivity index (χ2n) is 6.55. The van der Waals surface area contributed by atoms with Crippen molar-refractivity contribution >= 4 is 40.2 Å². The predicted molar refractivity (Wildman–Crippen MR) is 89.6 cm³/mol. The Kier molecular flexibility index (Phi) is 5.60. The summed E-state index contributed by atoms with van der Waals surface area (Å²) in [5.41, 5.74) is 0. The minimum Gasteiger partial charge on any atom is -0.461 e. The van der Waals surface area contributed by atoms with Crippen LogP contribution in [0.1, 0.15) is 0 Å². The number of carbonyl (C=O) groups is 1. The van der Waals surface area contributed by atoms with Gasteiger partial charge in [0.1, 0.15) is 6.23 Å². The van der Waals surface area contributed by atoms with E-state index in [9.17, 15) is 4.79 Å². The van der Waals surface area contributed by atoms with E-state index < -0.39 is 40.2 Å². The molecule has 0 aliphatic carbocycles. The summed E-state index contributed by atoms with van der Waals surface area (Å²) < 4.78 is 30.0. The van der Waals surface area contributed by atoms with E-state index in [1.54, 1.807) is 0 Å². The van der Waals surface area contributed by atoms with Gasteiger partial charge in [-0.3, -0.25) is 0 Å². The molecule has 1 aliphatic rings. The van der Waals surface area contributed by atoms with Crippen molar-refractivity contribution in [2.45, 2.75) is 45.8 Å². The van der Waals surface area contributed by atoms with E-state index in [0.29, 0.717) is 0 Å². The summed E-state index contributed by atoms with van der Waals surface area (Å²) in [6, 6.07) is 0. The van der Waals surface area contributed by atoms with Crippen LogP contribution in [0.2, 0.25) is 45.8 Å². The van der Waals surface area contributed by atoms with Gasteiger partial charge >= 0.3 is 40.2 Å². The summed E-state index contributed by atoms with van der Waals surface area (Å²) in [4.78, 5) is 11.3. The molecule has 0 amide bonds. The van der Waals surface area contributed by atoms with Crippen molar-refractivity contribution in [3.8, 4) is 0 Å². The van der Waals surface area contributed by atoms with Gasteiger partial charge in [-0.1, -0.05) is 6.58 Å². The van der Waals surface area contributed by atoms with Crippen molar-refractivity contribution in [2.75, 3.05) is 6.23 Å². The summed E-state index contributed by atoms with van der Waals surface area (Å²) >= 11 is 0. The molecule has 1 heterocycles. The SMILES string of the molecule is C=CC(=O)OC[Si]1(C)O[Si](C)(C)O[Si](C)(C)O[Si](C)(C)O1. The Morgan fingerprint density at radius 2 is 1.29 bits per heavy atom. The summed E-state index contributed by atoms with van der Waals surface area (Å²) in [6.45, 7) is 17.2. The predicted octanol–water partition coefficient (Wildman–Crippen LogP) is 2.51. The van der Waals surface area contributed by atoms with Crippen LogP contribution in [0, 0.1) is 0 Å². The fourth-order valence-corrected chi connectivity index (χ4v) is 23.5. The van der Waals surface area contributed by atoms with Gasteiger partial charge in [0.15, 0.2) is 0 Å². The molecular formula is C11H26O6Si4.